The van der Waals surface area contributed by atoms with Crippen molar-refractivity contribution in [1.82, 2.24) is 4.90 Å². The van der Waals surface area contributed by atoms with Crippen molar-refractivity contribution in [2.45, 2.75) is 25.3 Å². The highest BCUT2D eigenvalue weighted by Gasteiger charge is 2.20. The SMILES string of the molecule is CC(C)CN(Cc1cccc(OS(=O)(=O)c2ccc(F)cc2)c1)C(=O)c1cccc(Br)c1. The van der Waals surface area contributed by atoms with E-state index in [4.69, 9.17) is 4.18 Å². The molecule has 0 aromatic heterocycles. The van der Waals surface area contributed by atoms with E-state index in [0.717, 1.165) is 34.3 Å². The standard InChI is InChI=1S/C24H23BrFNO4S/c1-17(2)15-27(24(28)19-6-4-7-20(25)14-19)16-18-5-3-8-22(13-18)31-32(29,30)23-11-9-21(26)10-12-23/h3-14,17H,15-16H2,1-2H3. The van der Waals surface area contributed by atoms with Crippen LogP contribution < -0.4 is 4.18 Å². The van der Waals surface area contributed by atoms with Gasteiger partial charge in [-0.2, -0.15) is 8.42 Å². The molecule has 0 fully saturated rings. The third-order valence-electron chi connectivity index (χ3n) is 4.52. The molecule has 5 nitrogen and oxygen atoms in total. The quantitative estimate of drug-likeness (QED) is 0.360. The Morgan fingerprint density at radius 2 is 1.72 bits per heavy atom. The predicted molar refractivity (Wildman–Crippen MR) is 124 cm³/mol. The molecule has 0 saturated heterocycles. The molecule has 168 valence electrons. The zero-order valence-corrected chi connectivity index (χ0v) is 20.1. The number of carbonyl (C=O) groups is 1. The summed E-state index contributed by atoms with van der Waals surface area (Å²) in [6.07, 6.45) is 0. The number of hydrogen-bond donors (Lipinski definition) is 0. The fourth-order valence-corrected chi connectivity index (χ4v) is 4.48. The van der Waals surface area contributed by atoms with E-state index in [1.165, 1.54) is 6.07 Å². The molecule has 0 unspecified atom stereocenters. The van der Waals surface area contributed by atoms with E-state index in [1.807, 2.05) is 19.9 Å². The van der Waals surface area contributed by atoms with Crippen molar-refractivity contribution in [3.63, 3.8) is 0 Å². The van der Waals surface area contributed by atoms with Crippen molar-refractivity contribution in [3.8, 4) is 5.75 Å². The summed E-state index contributed by atoms with van der Waals surface area (Å²) in [5.41, 5.74) is 1.28. The zero-order chi connectivity index (χ0) is 23.3. The zero-order valence-electron chi connectivity index (χ0n) is 17.7. The van der Waals surface area contributed by atoms with Crippen LogP contribution in [-0.4, -0.2) is 25.8 Å². The van der Waals surface area contributed by atoms with E-state index in [0.29, 0.717) is 12.1 Å². The van der Waals surface area contributed by atoms with Gasteiger partial charge in [0.05, 0.1) is 0 Å². The Balaban J connectivity index is 1.81. The maximum atomic E-state index is 13.1. The van der Waals surface area contributed by atoms with Crippen LogP contribution in [0.4, 0.5) is 4.39 Å². The van der Waals surface area contributed by atoms with Gasteiger partial charge in [-0.25, -0.2) is 4.39 Å². The van der Waals surface area contributed by atoms with E-state index in [1.54, 1.807) is 41.3 Å². The van der Waals surface area contributed by atoms with Gasteiger partial charge in [-0.05, 0) is 66.1 Å². The summed E-state index contributed by atoms with van der Waals surface area (Å²) in [5.74, 6) is -0.299. The van der Waals surface area contributed by atoms with E-state index >= 15 is 0 Å². The highest BCUT2D eigenvalue weighted by atomic mass is 79.9. The molecular formula is C24H23BrFNO4S. The Morgan fingerprint density at radius 3 is 2.38 bits per heavy atom. The first kappa shape index (κ1) is 23.9. The van der Waals surface area contributed by atoms with Gasteiger partial charge in [0.1, 0.15) is 16.5 Å². The minimum Gasteiger partial charge on any atom is -0.379 e. The van der Waals surface area contributed by atoms with E-state index in [9.17, 15) is 17.6 Å². The van der Waals surface area contributed by atoms with Gasteiger partial charge in [0.15, 0.2) is 0 Å². The lowest BCUT2D eigenvalue weighted by atomic mass is 10.1. The summed E-state index contributed by atoms with van der Waals surface area (Å²) >= 11 is 3.39. The van der Waals surface area contributed by atoms with Crippen LogP contribution in [0.5, 0.6) is 5.75 Å². The molecule has 1 amide bonds. The second-order valence-electron chi connectivity index (χ2n) is 7.73. The van der Waals surface area contributed by atoms with E-state index < -0.39 is 15.9 Å². The molecule has 3 rings (SSSR count). The van der Waals surface area contributed by atoms with Crippen molar-refractivity contribution >= 4 is 32.0 Å². The maximum Gasteiger partial charge on any atom is 0.339 e. The summed E-state index contributed by atoms with van der Waals surface area (Å²) in [5, 5.41) is 0. The van der Waals surface area contributed by atoms with Gasteiger partial charge in [-0.15, -0.1) is 0 Å². The first-order valence-corrected chi connectivity index (χ1v) is 12.2. The molecule has 0 aliphatic carbocycles. The van der Waals surface area contributed by atoms with Gasteiger partial charge in [0, 0.05) is 23.1 Å². The Labute approximate surface area is 196 Å². The van der Waals surface area contributed by atoms with Crippen molar-refractivity contribution in [1.29, 1.82) is 0 Å². The van der Waals surface area contributed by atoms with E-state index in [2.05, 4.69) is 15.9 Å². The average Bonchev–Trinajstić information content (AvgIpc) is 2.72. The average molecular weight is 520 g/mol. The Kier molecular flexibility index (Phi) is 7.69. The third kappa shape index (κ3) is 6.40. The molecule has 3 aromatic rings. The van der Waals surface area contributed by atoms with Crippen LogP contribution in [0, 0.1) is 11.7 Å². The summed E-state index contributed by atoms with van der Waals surface area (Å²) < 4.78 is 44.2. The monoisotopic (exact) mass is 519 g/mol. The molecule has 0 heterocycles. The lowest BCUT2D eigenvalue weighted by Gasteiger charge is -2.25. The minimum atomic E-state index is -4.11. The maximum absolute atomic E-state index is 13.1. The fourth-order valence-electron chi connectivity index (χ4n) is 3.16. The van der Waals surface area contributed by atoms with Gasteiger partial charge in [-0.1, -0.05) is 48.0 Å². The Morgan fingerprint density at radius 1 is 1.03 bits per heavy atom. The number of benzene rings is 3. The molecule has 0 bridgehead atoms. The van der Waals surface area contributed by atoms with Crippen molar-refractivity contribution in [2.75, 3.05) is 6.54 Å². The number of carbonyl (C=O) groups excluding carboxylic acids is 1. The number of rotatable bonds is 8. The molecule has 0 spiro atoms. The largest absolute Gasteiger partial charge is 0.379 e. The van der Waals surface area contributed by atoms with Crippen molar-refractivity contribution in [3.05, 3.63) is 94.2 Å². The molecule has 0 N–H and O–H groups in total. The predicted octanol–water partition coefficient (Wildman–Crippen LogP) is 5.65. The first-order chi connectivity index (χ1) is 15.1. The topological polar surface area (TPSA) is 63.7 Å². The normalized spacial score (nSPS) is 11.4. The number of nitrogens with zero attached hydrogens (tertiary/aromatic N) is 1. The number of amides is 1. The van der Waals surface area contributed by atoms with Gasteiger partial charge < -0.3 is 9.08 Å². The fraction of sp³-hybridized carbons (Fsp3) is 0.208. The van der Waals surface area contributed by atoms with Crippen LogP contribution >= 0.6 is 15.9 Å². The highest BCUT2D eigenvalue weighted by Crippen LogP contribution is 2.22. The second kappa shape index (κ2) is 10.3. The lowest BCUT2D eigenvalue weighted by Crippen LogP contribution is -2.33. The second-order valence-corrected chi connectivity index (χ2v) is 10.2. The van der Waals surface area contributed by atoms with Crippen molar-refractivity contribution < 1.29 is 21.8 Å². The van der Waals surface area contributed by atoms with Crippen LogP contribution in [0.25, 0.3) is 0 Å². The molecule has 32 heavy (non-hydrogen) atoms. The molecular weight excluding hydrogens is 497 g/mol. The molecule has 0 aliphatic rings. The molecule has 0 atom stereocenters. The summed E-state index contributed by atoms with van der Waals surface area (Å²) in [6, 6.07) is 18.2. The number of hydrogen-bond acceptors (Lipinski definition) is 4. The third-order valence-corrected chi connectivity index (χ3v) is 6.28. The van der Waals surface area contributed by atoms with Gasteiger partial charge in [0.25, 0.3) is 5.91 Å². The minimum absolute atomic E-state index is 0.117. The Hall–Kier alpha value is -2.71. The molecule has 0 radical (unpaired) electrons. The van der Waals surface area contributed by atoms with Crippen LogP contribution in [0.15, 0.2) is 82.2 Å². The summed E-state index contributed by atoms with van der Waals surface area (Å²) in [4.78, 5) is 14.7. The van der Waals surface area contributed by atoms with Crippen LogP contribution in [-0.2, 0) is 16.7 Å². The van der Waals surface area contributed by atoms with Crippen molar-refractivity contribution in [2.24, 2.45) is 5.92 Å². The first-order valence-electron chi connectivity index (χ1n) is 9.98. The van der Waals surface area contributed by atoms with Crippen LogP contribution in [0.1, 0.15) is 29.8 Å². The highest BCUT2D eigenvalue weighted by molar-refractivity contribution is 9.10. The molecule has 3 aromatic carbocycles. The van der Waals surface area contributed by atoms with E-state index in [-0.39, 0.29) is 29.0 Å². The van der Waals surface area contributed by atoms with Gasteiger partial charge >= 0.3 is 10.1 Å². The van der Waals surface area contributed by atoms with Crippen LogP contribution in [0.2, 0.25) is 0 Å². The smallest absolute Gasteiger partial charge is 0.339 e. The summed E-state index contributed by atoms with van der Waals surface area (Å²) in [6.45, 7) is 4.87. The number of halogens is 2. The molecule has 0 aliphatic heterocycles. The van der Waals surface area contributed by atoms with Crippen LogP contribution in [0.3, 0.4) is 0 Å². The molecule has 0 saturated carbocycles. The lowest BCUT2D eigenvalue weighted by molar-refractivity contribution is 0.0722. The summed E-state index contributed by atoms with van der Waals surface area (Å²) in [7, 11) is -4.11. The molecule has 8 heteroatoms. The Bertz CT molecular complexity index is 1200. The van der Waals surface area contributed by atoms with Gasteiger partial charge in [0.2, 0.25) is 0 Å². The van der Waals surface area contributed by atoms with Gasteiger partial charge in [-0.3, -0.25) is 4.79 Å².